The lowest BCUT2D eigenvalue weighted by Gasteiger charge is -2.05. The van der Waals surface area contributed by atoms with E-state index in [1.165, 1.54) is 7.11 Å². The molecule has 78 valence electrons. The van der Waals surface area contributed by atoms with Gasteiger partial charge in [-0.3, -0.25) is 4.79 Å². The molecule has 0 aliphatic rings. The van der Waals surface area contributed by atoms with E-state index in [4.69, 9.17) is 5.26 Å². The van der Waals surface area contributed by atoms with Gasteiger partial charge in [-0.25, -0.2) is 0 Å². The van der Waals surface area contributed by atoms with E-state index in [-0.39, 0.29) is 12.4 Å². The van der Waals surface area contributed by atoms with Crippen molar-refractivity contribution in [3.8, 4) is 6.07 Å². The summed E-state index contributed by atoms with van der Waals surface area (Å²) in [6, 6.07) is 5.44. The lowest BCUT2D eigenvalue weighted by Crippen LogP contribution is -2.06. The Balaban J connectivity index is 3.12. The fraction of sp³-hybridized carbons (Fsp3) is 0.200. The molecule has 0 saturated heterocycles. The SMILES string of the molecule is COC(=O)Cc1cc(Br)c(Br)cc1C#N. The van der Waals surface area contributed by atoms with Crippen molar-refractivity contribution in [1.82, 2.24) is 0 Å². The smallest absolute Gasteiger partial charge is 0.310 e. The molecule has 0 atom stereocenters. The van der Waals surface area contributed by atoms with E-state index in [9.17, 15) is 4.79 Å². The van der Waals surface area contributed by atoms with Crippen molar-refractivity contribution in [3.05, 3.63) is 32.2 Å². The van der Waals surface area contributed by atoms with Crippen LogP contribution in [-0.4, -0.2) is 13.1 Å². The Bertz CT molecular complexity index is 438. The van der Waals surface area contributed by atoms with E-state index in [1.54, 1.807) is 12.1 Å². The number of hydrogen-bond donors (Lipinski definition) is 0. The first-order valence-corrected chi connectivity index (χ1v) is 5.62. The topological polar surface area (TPSA) is 50.1 Å². The van der Waals surface area contributed by atoms with Crippen molar-refractivity contribution < 1.29 is 9.53 Å². The van der Waals surface area contributed by atoms with Gasteiger partial charge in [0, 0.05) is 8.95 Å². The van der Waals surface area contributed by atoms with Crippen molar-refractivity contribution >= 4 is 37.8 Å². The standard InChI is InChI=1S/C10H7Br2NO2/c1-15-10(14)4-6-2-8(11)9(12)3-7(6)5-13/h2-3H,4H2,1H3. The predicted octanol–water partition coefficient (Wildman–Crippen LogP) is 2.80. The average molecular weight is 333 g/mol. The maximum atomic E-state index is 11.1. The van der Waals surface area contributed by atoms with Crippen LogP contribution in [0.3, 0.4) is 0 Å². The van der Waals surface area contributed by atoms with E-state index in [1.807, 2.05) is 6.07 Å². The van der Waals surface area contributed by atoms with E-state index in [0.717, 1.165) is 8.95 Å². The average Bonchev–Trinajstić information content (AvgIpc) is 2.22. The number of nitrogens with zero attached hydrogens (tertiary/aromatic N) is 1. The van der Waals surface area contributed by atoms with Gasteiger partial charge in [-0.2, -0.15) is 5.26 Å². The minimum absolute atomic E-state index is 0.102. The van der Waals surface area contributed by atoms with Crippen LogP contribution in [0.15, 0.2) is 21.1 Å². The molecule has 0 spiro atoms. The highest BCUT2D eigenvalue weighted by molar-refractivity contribution is 9.13. The molecule has 0 amide bonds. The van der Waals surface area contributed by atoms with Crippen molar-refractivity contribution in [2.24, 2.45) is 0 Å². The van der Waals surface area contributed by atoms with Crippen molar-refractivity contribution in [1.29, 1.82) is 5.26 Å². The van der Waals surface area contributed by atoms with Gasteiger partial charge in [-0.15, -0.1) is 0 Å². The van der Waals surface area contributed by atoms with Crippen LogP contribution in [0.5, 0.6) is 0 Å². The molecule has 15 heavy (non-hydrogen) atoms. The molecule has 0 aromatic heterocycles. The number of benzene rings is 1. The predicted molar refractivity (Wildman–Crippen MR) is 62.3 cm³/mol. The zero-order chi connectivity index (χ0) is 11.4. The number of halogens is 2. The number of nitriles is 1. The van der Waals surface area contributed by atoms with E-state index in [2.05, 4.69) is 36.6 Å². The zero-order valence-corrected chi connectivity index (χ0v) is 11.1. The minimum atomic E-state index is -0.360. The number of ether oxygens (including phenoxy) is 1. The molecule has 0 saturated carbocycles. The molecule has 0 radical (unpaired) electrons. The molecule has 0 N–H and O–H groups in total. The number of methoxy groups -OCH3 is 1. The third-order valence-corrected chi connectivity index (χ3v) is 3.67. The van der Waals surface area contributed by atoms with Crippen LogP contribution in [-0.2, 0) is 16.0 Å². The number of carbonyl (C=O) groups excluding carboxylic acids is 1. The van der Waals surface area contributed by atoms with Crippen LogP contribution < -0.4 is 0 Å². The van der Waals surface area contributed by atoms with Gasteiger partial charge in [0.05, 0.1) is 25.2 Å². The molecule has 5 heteroatoms. The highest BCUT2D eigenvalue weighted by Gasteiger charge is 2.10. The molecular weight excluding hydrogens is 326 g/mol. The first-order valence-electron chi connectivity index (χ1n) is 4.03. The number of esters is 1. The molecule has 0 bridgehead atoms. The van der Waals surface area contributed by atoms with Crippen LogP contribution in [0.25, 0.3) is 0 Å². The van der Waals surface area contributed by atoms with Gasteiger partial charge in [0.2, 0.25) is 0 Å². The molecule has 0 heterocycles. The third kappa shape index (κ3) is 3.05. The molecule has 0 aliphatic carbocycles. The molecule has 0 aliphatic heterocycles. The number of hydrogen-bond acceptors (Lipinski definition) is 3. The Morgan fingerprint density at radius 2 is 2.07 bits per heavy atom. The molecule has 3 nitrogen and oxygen atoms in total. The first-order chi connectivity index (χ1) is 7.08. The fourth-order valence-corrected chi connectivity index (χ4v) is 1.80. The largest absolute Gasteiger partial charge is 0.469 e. The Morgan fingerprint density at radius 1 is 1.47 bits per heavy atom. The quantitative estimate of drug-likeness (QED) is 0.782. The molecule has 1 aromatic rings. The fourth-order valence-electron chi connectivity index (χ4n) is 1.07. The van der Waals surface area contributed by atoms with Gasteiger partial charge in [-0.1, -0.05) is 0 Å². The highest BCUT2D eigenvalue weighted by atomic mass is 79.9. The minimum Gasteiger partial charge on any atom is -0.469 e. The maximum absolute atomic E-state index is 11.1. The molecule has 0 fully saturated rings. The summed E-state index contributed by atoms with van der Waals surface area (Å²) in [6.45, 7) is 0. The van der Waals surface area contributed by atoms with Crippen LogP contribution in [0, 0.1) is 11.3 Å². The van der Waals surface area contributed by atoms with Crippen molar-refractivity contribution in [3.63, 3.8) is 0 Å². The monoisotopic (exact) mass is 331 g/mol. The number of carbonyl (C=O) groups is 1. The zero-order valence-electron chi connectivity index (χ0n) is 7.88. The van der Waals surface area contributed by atoms with Gasteiger partial charge in [0.1, 0.15) is 0 Å². The van der Waals surface area contributed by atoms with Gasteiger partial charge in [0.15, 0.2) is 0 Å². The van der Waals surface area contributed by atoms with Crippen LogP contribution in [0.4, 0.5) is 0 Å². The van der Waals surface area contributed by atoms with E-state index in [0.29, 0.717) is 11.1 Å². The summed E-state index contributed by atoms with van der Waals surface area (Å²) in [5.41, 5.74) is 1.12. The Labute approximate surface area is 104 Å². The summed E-state index contributed by atoms with van der Waals surface area (Å²) >= 11 is 6.60. The van der Waals surface area contributed by atoms with Gasteiger partial charge >= 0.3 is 5.97 Å². The Hall–Kier alpha value is -0.860. The molecular formula is C10H7Br2NO2. The summed E-state index contributed by atoms with van der Waals surface area (Å²) in [6.07, 6.45) is 0.102. The molecule has 1 rings (SSSR count). The van der Waals surface area contributed by atoms with Gasteiger partial charge in [0.25, 0.3) is 0 Å². The van der Waals surface area contributed by atoms with Crippen molar-refractivity contribution in [2.75, 3.05) is 7.11 Å². The summed E-state index contributed by atoms with van der Waals surface area (Å²) in [4.78, 5) is 11.1. The Morgan fingerprint density at radius 3 is 2.60 bits per heavy atom. The normalized spacial score (nSPS) is 9.47. The molecule has 0 unspecified atom stereocenters. The second-order valence-electron chi connectivity index (χ2n) is 2.79. The van der Waals surface area contributed by atoms with Crippen LogP contribution >= 0.6 is 31.9 Å². The Kier molecular flexibility index (Phi) is 4.30. The van der Waals surface area contributed by atoms with E-state index < -0.39 is 0 Å². The van der Waals surface area contributed by atoms with E-state index >= 15 is 0 Å². The lowest BCUT2D eigenvalue weighted by atomic mass is 10.1. The summed E-state index contributed by atoms with van der Waals surface area (Å²) in [7, 11) is 1.32. The maximum Gasteiger partial charge on any atom is 0.310 e. The highest BCUT2D eigenvalue weighted by Crippen LogP contribution is 2.26. The molecule has 1 aromatic carbocycles. The van der Waals surface area contributed by atoms with Crippen molar-refractivity contribution in [2.45, 2.75) is 6.42 Å². The summed E-state index contributed by atoms with van der Waals surface area (Å²) in [5, 5.41) is 8.88. The summed E-state index contributed by atoms with van der Waals surface area (Å²) in [5.74, 6) is -0.360. The van der Waals surface area contributed by atoms with Gasteiger partial charge < -0.3 is 4.74 Å². The first kappa shape index (κ1) is 12.2. The third-order valence-electron chi connectivity index (χ3n) is 1.83. The van der Waals surface area contributed by atoms with Crippen LogP contribution in [0.2, 0.25) is 0 Å². The second kappa shape index (κ2) is 5.29. The number of rotatable bonds is 2. The van der Waals surface area contributed by atoms with Gasteiger partial charge in [-0.05, 0) is 49.6 Å². The van der Waals surface area contributed by atoms with Crippen LogP contribution in [0.1, 0.15) is 11.1 Å². The lowest BCUT2D eigenvalue weighted by molar-refractivity contribution is -0.139. The summed E-state index contributed by atoms with van der Waals surface area (Å²) < 4.78 is 6.14. The second-order valence-corrected chi connectivity index (χ2v) is 4.50.